The van der Waals surface area contributed by atoms with Crippen LogP contribution in [0.4, 0.5) is 4.79 Å². The lowest BCUT2D eigenvalue weighted by atomic mass is 9.93. The Bertz CT molecular complexity index is 554. The summed E-state index contributed by atoms with van der Waals surface area (Å²) in [4.78, 5) is 21.2. The molecule has 2 aliphatic rings. The van der Waals surface area contributed by atoms with Crippen molar-refractivity contribution in [2.24, 2.45) is 11.8 Å². The highest BCUT2D eigenvalue weighted by Gasteiger charge is 2.30. The molecule has 1 aromatic rings. The summed E-state index contributed by atoms with van der Waals surface area (Å²) in [5.41, 5.74) is 1.10. The number of nitrogens with zero attached hydrogens (tertiary/aromatic N) is 3. The average Bonchev–Trinajstić information content (AvgIpc) is 2.65. The van der Waals surface area contributed by atoms with Gasteiger partial charge in [-0.15, -0.1) is 0 Å². The highest BCUT2D eigenvalue weighted by atomic mass is 16.3. The van der Waals surface area contributed by atoms with Crippen molar-refractivity contribution >= 4 is 6.03 Å². The first kappa shape index (κ1) is 18.1. The number of piperidine rings is 2. The van der Waals surface area contributed by atoms with E-state index in [2.05, 4.69) is 28.2 Å². The van der Waals surface area contributed by atoms with E-state index in [1.54, 1.807) is 0 Å². The van der Waals surface area contributed by atoms with Crippen LogP contribution in [-0.2, 0) is 6.54 Å². The number of hydrogen-bond acceptors (Lipinski definition) is 4. The first-order valence-electron chi connectivity index (χ1n) is 9.44. The Hall–Kier alpha value is -1.66. The summed E-state index contributed by atoms with van der Waals surface area (Å²) >= 11 is 0. The van der Waals surface area contributed by atoms with Crippen molar-refractivity contribution in [1.29, 1.82) is 0 Å². The fourth-order valence-electron chi connectivity index (χ4n) is 3.96. The molecule has 2 fully saturated rings. The first-order chi connectivity index (χ1) is 12.2. The summed E-state index contributed by atoms with van der Waals surface area (Å²) in [6.45, 7) is 6.68. The monoisotopic (exact) mass is 346 g/mol. The molecular weight excluding hydrogens is 316 g/mol. The van der Waals surface area contributed by atoms with Crippen molar-refractivity contribution in [2.75, 3.05) is 32.8 Å². The van der Waals surface area contributed by atoms with Gasteiger partial charge in [-0.05, 0) is 43.2 Å². The highest BCUT2D eigenvalue weighted by Crippen LogP contribution is 2.20. The fraction of sp³-hybridized carbons (Fsp3) is 0.684. The van der Waals surface area contributed by atoms with Crippen molar-refractivity contribution in [3.05, 3.63) is 30.1 Å². The van der Waals surface area contributed by atoms with Gasteiger partial charge in [-0.25, -0.2) is 4.79 Å². The molecule has 138 valence electrons. The van der Waals surface area contributed by atoms with E-state index in [4.69, 9.17) is 0 Å². The van der Waals surface area contributed by atoms with Crippen LogP contribution in [0.15, 0.2) is 24.4 Å². The lowest BCUT2D eigenvalue weighted by Crippen LogP contribution is -2.54. The second-order valence-corrected chi connectivity index (χ2v) is 7.51. The minimum Gasteiger partial charge on any atom is -0.396 e. The molecule has 2 N–H and O–H groups in total. The van der Waals surface area contributed by atoms with E-state index < -0.39 is 0 Å². The zero-order valence-electron chi connectivity index (χ0n) is 15.1. The summed E-state index contributed by atoms with van der Waals surface area (Å²) in [5.74, 6) is 0.650. The van der Waals surface area contributed by atoms with Crippen LogP contribution in [0.3, 0.4) is 0 Å². The number of likely N-dealkylation sites (tertiary alicyclic amines) is 2. The molecule has 3 rings (SSSR count). The van der Waals surface area contributed by atoms with E-state index in [0.29, 0.717) is 12.5 Å². The Labute approximate surface area is 150 Å². The summed E-state index contributed by atoms with van der Waals surface area (Å²) in [6, 6.07) is 6.29. The predicted octanol–water partition coefficient (Wildman–Crippen LogP) is 1.71. The number of aromatic nitrogens is 1. The fourth-order valence-corrected chi connectivity index (χ4v) is 3.96. The van der Waals surface area contributed by atoms with Crippen LogP contribution in [0.1, 0.15) is 31.9 Å². The molecule has 3 heterocycles. The minimum absolute atomic E-state index is 0.0353. The van der Waals surface area contributed by atoms with Crippen LogP contribution in [0.2, 0.25) is 0 Å². The zero-order chi connectivity index (χ0) is 17.6. The molecule has 1 aromatic heterocycles. The van der Waals surface area contributed by atoms with Crippen molar-refractivity contribution in [3.63, 3.8) is 0 Å². The highest BCUT2D eigenvalue weighted by molar-refractivity contribution is 5.74. The van der Waals surface area contributed by atoms with E-state index in [9.17, 15) is 9.90 Å². The van der Waals surface area contributed by atoms with Gasteiger partial charge in [0, 0.05) is 51.6 Å². The third-order valence-corrected chi connectivity index (χ3v) is 5.47. The van der Waals surface area contributed by atoms with E-state index in [1.807, 2.05) is 23.2 Å². The molecule has 0 bridgehead atoms. The standard InChI is InChI=1S/C19H30N4O2/c1-15-11-22(13-17-6-2-3-8-20-17)10-7-18(15)21-19(25)23-9-4-5-16(12-23)14-24/h2-3,6,8,15-16,18,24H,4-5,7,9-14H2,1H3,(H,21,25). The number of aliphatic hydroxyl groups excluding tert-OH is 1. The lowest BCUT2D eigenvalue weighted by molar-refractivity contribution is 0.112. The summed E-state index contributed by atoms with van der Waals surface area (Å²) in [7, 11) is 0. The van der Waals surface area contributed by atoms with Gasteiger partial charge in [0.2, 0.25) is 0 Å². The smallest absolute Gasteiger partial charge is 0.317 e. The van der Waals surface area contributed by atoms with Crippen molar-refractivity contribution in [2.45, 2.75) is 38.8 Å². The maximum absolute atomic E-state index is 12.6. The SMILES string of the molecule is CC1CN(Cc2ccccn2)CCC1NC(=O)N1CCCC(CO)C1. The van der Waals surface area contributed by atoms with E-state index >= 15 is 0 Å². The van der Waals surface area contributed by atoms with E-state index in [1.165, 1.54) is 0 Å². The molecule has 3 unspecified atom stereocenters. The maximum atomic E-state index is 12.6. The van der Waals surface area contributed by atoms with Gasteiger partial charge in [-0.3, -0.25) is 9.88 Å². The van der Waals surface area contributed by atoms with Gasteiger partial charge >= 0.3 is 6.03 Å². The minimum atomic E-state index is 0.0353. The third kappa shape index (κ3) is 4.92. The molecule has 2 saturated heterocycles. The lowest BCUT2D eigenvalue weighted by Gasteiger charge is -2.39. The molecule has 0 radical (unpaired) electrons. The Morgan fingerprint density at radius 1 is 1.32 bits per heavy atom. The van der Waals surface area contributed by atoms with Crippen LogP contribution >= 0.6 is 0 Å². The number of nitrogens with one attached hydrogen (secondary N) is 1. The molecule has 0 aromatic carbocycles. The summed E-state index contributed by atoms with van der Waals surface area (Å²) in [6.07, 6.45) is 4.81. The number of rotatable bonds is 4. The molecule has 0 spiro atoms. The van der Waals surface area contributed by atoms with Crippen LogP contribution in [0.5, 0.6) is 0 Å². The summed E-state index contributed by atoms with van der Waals surface area (Å²) in [5, 5.41) is 12.6. The predicted molar refractivity (Wildman–Crippen MR) is 97.0 cm³/mol. The molecule has 6 nitrogen and oxygen atoms in total. The number of carbonyl (C=O) groups is 1. The number of carbonyl (C=O) groups excluding carboxylic acids is 1. The van der Waals surface area contributed by atoms with Gasteiger partial charge in [-0.1, -0.05) is 13.0 Å². The summed E-state index contributed by atoms with van der Waals surface area (Å²) < 4.78 is 0. The Balaban J connectivity index is 1.47. The van der Waals surface area contributed by atoms with Crippen LogP contribution < -0.4 is 5.32 Å². The Morgan fingerprint density at radius 2 is 2.20 bits per heavy atom. The van der Waals surface area contributed by atoms with Crippen molar-refractivity contribution in [1.82, 2.24) is 20.1 Å². The number of urea groups is 1. The van der Waals surface area contributed by atoms with Gasteiger partial charge in [-0.2, -0.15) is 0 Å². The molecule has 2 amide bonds. The molecule has 0 saturated carbocycles. The van der Waals surface area contributed by atoms with Crippen molar-refractivity contribution < 1.29 is 9.90 Å². The maximum Gasteiger partial charge on any atom is 0.317 e. The van der Waals surface area contributed by atoms with Crippen LogP contribution in [0.25, 0.3) is 0 Å². The molecular formula is C19H30N4O2. The topological polar surface area (TPSA) is 68.7 Å². The largest absolute Gasteiger partial charge is 0.396 e. The first-order valence-corrected chi connectivity index (χ1v) is 9.44. The van der Waals surface area contributed by atoms with Gasteiger partial charge < -0.3 is 15.3 Å². The third-order valence-electron chi connectivity index (χ3n) is 5.47. The molecule has 6 heteroatoms. The zero-order valence-corrected chi connectivity index (χ0v) is 15.1. The number of aliphatic hydroxyl groups is 1. The quantitative estimate of drug-likeness (QED) is 0.871. The molecule has 3 atom stereocenters. The van der Waals surface area contributed by atoms with Gasteiger partial charge in [0.15, 0.2) is 0 Å². The molecule has 0 aliphatic carbocycles. The average molecular weight is 346 g/mol. The normalized spacial score (nSPS) is 27.9. The van der Waals surface area contributed by atoms with Crippen molar-refractivity contribution in [3.8, 4) is 0 Å². The van der Waals surface area contributed by atoms with E-state index in [0.717, 1.165) is 51.1 Å². The van der Waals surface area contributed by atoms with Crippen LogP contribution in [-0.4, -0.2) is 64.7 Å². The van der Waals surface area contributed by atoms with Gasteiger partial charge in [0.05, 0.1) is 5.69 Å². The Morgan fingerprint density at radius 3 is 2.92 bits per heavy atom. The van der Waals surface area contributed by atoms with E-state index in [-0.39, 0.29) is 24.6 Å². The number of amides is 2. The second kappa shape index (κ2) is 8.63. The molecule has 2 aliphatic heterocycles. The Kier molecular flexibility index (Phi) is 6.26. The van der Waals surface area contributed by atoms with Crippen LogP contribution in [0, 0.1) is 11.8 Å². The number of pyridine rings is 1. The number of hydrogen-bond donors (Lipinski definition) is 2. The second-order valence-electron chi connectivity index (χ2n) is 7.51. The van der Waals surface area contributed by atoms with Gasteiger partial charge in [0.1, 0.15) is 0 Å². The molecule has 25 heavy (non-hydrogen) atoms. The van der Waals surface area contributed by atoms with Gasteiger partial charge in [0.25, 0.3) is 0 Å².